The number of nitriles is 1. The van der Waals surface area contributed by atoms with Crippen molar-refractivity contribution in [3.63, 3.8) is 0 Å². The van der Waals surface area contributed by atoms with Gasteiger partial charge in [0, 0.05) is 26.9 Å². The van der Waals surface area contributed by atoms with Gasteiger partial charge >= 0.3 is 0 Å². The van der Waals surface area contributed by atoms with Crippen LogP contribution >= 0.6 is 0 Å². The molecular formula is C29H15NO2. The topological polar surface area (TPSA) is 50.1 Å². The summed E-state index contributed by atoms with van der Waals surface area (Å²) in [5, 5.41) is 15.8. The maximum absolute atomic E-state index is 9.64. The van der Waals surface area contributed by atoms with E-state index in [0.717, 1.165) is 65.8 Å². The predicted octanol–water partition coefficient (Wildman–Crippen LogP) is 8.18. The third kappa shape index (κ3) is 2.18. The number of hydrogen-bond donors (Lipinski definition) is 0. The first-order valence-electron chi connectivity index (χ1n) is 10.5. The molecule has 0 aliphatic heterocycles. The van der Waals surface area contributed by atoms with Gasteiger partial charge in [0.1, 0.15) is 22.3 Å². The molecule has 0 bridgehead atoms. The summed E-state index contributed by atoms with van der Waals surface area (Å²) in [4.78, 5) is 0. The van der Waals surface area contributed by atoms with Crippen LogP contribution in [0.15, 0.2) is 99.8 Å². The Labute approximate surface area is 182 Å². The number of para-hydroxylation sites is 2. The highest BCUT2D eigenvalue weighted by Gasteiger charge is 2.22. The van der Waals surface area contributed by atoms with E-state index >= 15 is 0 Å². The van der Waals surface area contributed by atoms with Gasteiger partial charge in [0.2, 0.25) is 0 Å². The lowest BCUT2D eigenvalue weighted by Crippen LogP contribution is -1.87. The highest BCUT2D eigenvalue weighted by Crippen LogP contribution is 2.46. The SMILES string of the molecule is N#Cc1ccc(-c2c3oc4ccccc4c3cc3c2oc2ccccc23)c2ccccc12. The van der Waals surface area contributed by atoms with Crippen molar-refractivity contribution in [1.29, 1.82) is 5.26 Å². The van der Waals surface area contributed by atoms with Crippen LogP contribution in [0.2, 0.25) is 0 Å². The van der Waals surface area contributed by atoms with Crippen LogP contribution in [0.1, 0.15) is 5.56 Å². The summed E-state index contributed by atoms with van der Waals surface area (Å²) in [6.07, 6.45) is 0. The van der Waals surface area contributed by atoms with E-state index in [1.807, 2.05) is 66.7 Å². The fourth-order valence-electron chi connectivity index (χ4n) is 4.90. The normalized spacial score (nSPS) is 11.7. The minimum absolute atomic E-state index is 0.655. The van der Waals surface area contributed by atoms with E-state index in [1.165, 1.54) is 0 Å². The number of fused-ring (bicyclic) bond motifs is 7. The van der Waals surface area contributed by atoms with Crippen LogP contribution in [-0.2, 0) is 0 Å². The molecule has 0 atom stereocenters. The molecule has 7 rings (SSSR count). The van der Waals surface area contributed by atoms with Crippen LogP contribution in [0, 0.1) is 11.3 Å². The van der Waals surface area contributed by atoms with E-state index in [0.29, 0.717) is 5.56 Å². The van der Waals surface area contributed by atoms with Crippen LogP contribution in [0.5, 0.6) is 0 Å². The first-order chi connectivity index (χ1) is 15.8. The van der Waals surface area contributed by atoms with E-state index in [1.54, 1.807) is 0 Å². The molecule has 0 aliphatic carbocycles. The van der Waals surface area contributed by atoms with Crippen LogP contribution in [0.25, 0.3) is 65.8 Å². The van der Waals surface area contributed by atoms with Gasteiger partial charge in [-0.2, -0.15) is 5.26 Å². The van der Waals surface area contributed by atoms with Crippen molar-refractivity contribution in [1.82, 2.24) is 0 Å². The average molecular weight is 409 g/mol. The minimum Gasteiger partial charge on any atom is -0.455 e. The van der Waals surface area contributed by atoms with Crippen molar-refractivity contribution < 1.29 is 8.83 Å². The molecule has 7 aromatic rings. The molecule has 32 heavy (non-hydrogen) atoms. The van der Waals surface area contributed by atoms with Gasteiger partial charge in [-0.15, -0.1) is 0 Å². The molecule has 2 aromatic heterocycles. The molecular weight excluding hydrogens is 394 g/mol. The molecule has 5 aromatic carbocycles. The summed E-state index contributed by atoms with van der Waals surface area (Å²) in [6.45, 7) is 0. The summed E-state index contributed by atoms with van der Waals surface area (Å²) >= 11 is 0. The molecule has 0 radical (unpaired) electrons. The second-order valence-electron chi connectivity index (χ2n) is 8.02. The standard InChI is InChI=1S/C29H15NO2/c30-16-17-13-14-22(19-8-2-1-7-18(17)19)27-28-23(20-9-3-5-11-25(20)31-28)15-24-21-10-4-6-12-26(21)32-29(24)27/h1-15H. The maximum Gasteiger partial charge on any atom is 0.147 e. The lowest BCUT2D eigenvalue weighted by atomic mass is 9.92. The van der Waals surface area contributed by atoms with Crippen LogP contribution < -0.4 is 0 Å². The Bertz CT molecular complexity index is 1810. The van der Waals surface area contributed by atoms with Gasteiger partial charge in [0.05, 0.1) is 17.2 Å². The number of rotatable bonds is 1. The predicted molar refractivity (Wildman–Crippen MR) is 129 cm³/mol. The first kappa shape index (κ1) is 17.2. The second kappa shape index (κ2) is 6.23. The summed E-state index contributed by atoms with van der Waals surface area (Å²) in [6, 6.07) is 32.6. The highest BCUT2D eigenvalue weighted by atomic mass is 16.3. The molecule has 0 saturated heterocycles. The Morgan fingerprint density at radius 1 is 0.531 bits per heavy atom. The molecule has 148 valence electrons. The third-order valence-corrected chi connectivity index (χ3v) is 6.32. The van der Waals surface area contributed by atoms with Crippen LogP contribution in [0.3, 0.4) is 0 Å². The number of hydrogen-bond acceptors (Lipinski definition) is 3. The Kier molecular flexibility index (Phi) is 3.34. The Balaban J connectivity index is 1.76. The molecule has 0 aliphatic rings. The van der Waals surface area contributed by atoms with Crippen molar-refractivity contribution in [3.8, 4) is 17.2 Å². The van der Waals surface area contributed by atoms with Gasteiger partial charge in [-0.1, -0.05) is 66.7 Å². The van der Waals surface area contributed by atoms with E-state index < -0.39 is 0 Å². The maximum atomic E-state index is 9.64. The van der Waals surface area contributed by atoms with Crippen LogP contribution in [-0.4, -0.2) is 0 Å². The molecule has 0 N–H and O–H groups in total. The molecule has 0 fully saturated rings. The summed E-state index contributed by atoms with van der Waals surface area (Å²) < 4.78 is 12.8. The molecule has 0 amide bonds. The molecule has 0 spiro atoms. The van der Waals surface area contributed by atoms with Gasteiger partial charge in [-0.05, 0) is 35.2 Å². The summed E-state index contributed by atoms with van der Waals surface area (Å²) in [5.41, 5.74) is 5.86. The van der Waals surface area contributed by atoms with Crippen LogP contribution in [0.4, 0.5) is 0 Å². The molecule has 0 unspecified atom stereocenters. The lowest BCUT2D eigenvalue weighted by Gasteiger charge is -2.10. The van der Waals surface area contributed by atoms with Gasteiger partial charge < -0.3 is 8.83 Å². The third-order valence-electron chi connectivity index (χ3n) is 6.32. The van der Waals surface area contributed by atoms with Crippen molar-refractivity contribution in [2.24, 2.45) is 0 Å². The van der Waals surface area contributed by atoms with E-state index in [2.05, 4.69) is 30.3 Å². The Morgan fingerprint density at radius 2 is 1.06 bits per heavy atom. The zero-order valence-electron chi connectivity index (χ0n) is 16.9. The zero-order valence-corrected chi connectivity index (χ0v) is 16.9. The Hall–Kier alpha value is -4.55. The van der Waals surface area contributed by atoms with Crippen molar-refractivity contribution in [2.45, 2.75) is 0 Å². The molecule has 2 heterocycles. The fourth-order valence-corrected chi connectivity index (χ4v) is 4.90. The number of furan rings is 2. The van der Waals surface area contributed by atoms with E-state index in [-0.39, 0.29) is 0 Å². The Morgan fingerprint density at radius 3 is 1.66 bits per heavy atom. The van der Waals surface area contributed by atoms with E-state index in [9.17, 15) is 5.26 Å². The average Bonchev–Trinajstić information content (AvgIpc) is 3.40. The number of nitrogens with zero attached hydrogens (tertiary/aromatic N) is 1. The highest BCUT2D eigenvalue weighted by molar-refractivity contribution is 6.23. The minimum atomic E-state index is 0.655. The van der Waals surface area contributed by atoms with Crippen molar-refractivity contribution in [2.75, 3.05) is 0 Å². The fraction of sp³-hybridized carbons (Fsp3) is 0. The molecule has 0 saturated carbocycles. The van der Waals surface area contributed by atoms with Gasteiger partial charge in [-0.25, -0.2) is 0 Å². The smallest absolute Gasteiger partial charge is 0.147 e. The monoisotopic (exact) mass is 409 g/mol. The first-order valence-corrected chi connectivity index (χ1v) is 10.5. The number of benzene rings is 5. The second-order valence-corrected chi connectivity index (χ2v) is 8.02. The van der Waals surface area contributed by atoms with Gasteiger partial charge in [0.15, 0.2) is 0 Å². The lowest BCUT2D eigenvalue weighted by molar-refractivity contribution is 0.658. The zero-order chi connectivity index (χ0) is 21.2. The molecule has 3 heteroatoms. The van der Waals surface area contributed by atoms with Crippen molar-refractivity contribution in [3.05, 3.63) is 96.6 Å². The van der Waals surface area contributed by atoms with Crippen molar-refractivity contribution >= 4 is 54.6 Å². The summed E-state index contributed by atoms with van der Waals surface area (Å²) in [5.74, 6) is 0. The largest absolute Gasteiger partial charge is 0.455 e. The molecule has 3 nitrogen and oxygen atoms in total. The van der Waals surface area contributed by atoms with Gasteiger partial charge in [0.25, 0.3) is 0 Å². The van der Waals surface area contributed by atoms with E-state index in [4.69, 9.17) is 8.83 Å². The van der Waals surface area contributed by atoms with Gasteiger partial charge in [-0.3, -0.25) is 0 Å². The summed E-state index contributed by atoms with van der Waals surface area (Å²) in [7, 11) is 0. The quantitative estimate of drug-likeness (QED) is 0.275.